The quantitative estimate of drug-likeness (QED) is 0.865. The van der Waals surface area contributed by atoms with E-state index in [1.54, 1.807) is 12.1 Å². The van der Waals surface area contributed by atoms with Gasteiger partial charge in [0.25, 0.3) is 0 Å². The molecule has 0 spiro atoms. The molecule has 2 rings (SSSR count). The standard InChI is InChI=1S/C12H16FNO.ClH/c1-15-12-6-5-9(8-10(12)13)11-4-2-3-7-14-11;/h5-6,8,11,14H,2-4,7H2,1H3;1H/t11-;/m1./s1. The summed E-state index contributed by atoms with van der Waals surface area (Å²) in [6.07, 6.45) is 3.52. The Morgan fingerprint density at radius 3 is 2.75 bits per heavy atom. The molecular formula is C12H17ClFNO. The maximum absolute atomic E-state index is 13.5. The lowest BCUT2D eigenvalue weighted by molar-refractivity contribution is 0.382. The molecule has 2 nitrogen and oxygen atoms in total. The summed E-state index contributed by atoms with van der Waals surface area (Å²) in [6, 6.07) is 5.51. The fourth-order valence-electron chi connectivity index (χ4n) is 2.04. The molecule has 0 saturated carbocycles. The lowest BCUT2D eigenvalue weighted by Gasteiger charge is -2.24. The minimum atomic E-state index is -0.276. The van der Waals surface area contributed by atoms with E-state index in [4.69, 9.17) is 4.74 Å². The Balaban J connectivity index is 0.00000128. The zero-order valence-corrected chi connectivity index (χ0v) is 10.1. The van der Waals surface area contributed by atoms with Gasteiger partial charge in [-0.3, -0.25) is 0 Å². The Morgan fingerprint density at radius 2 is 2.19 bits per heavy atom. The third-order valence-corrected chi connectivity index (χ3v) is 2.89. The van der Waals surface area contributed by atoms with Crippen LogP contribution in [0.15, 0.2) is 18.2 Å². The van der Waals surface area contributed by atoms with Crippen molar-refractivity contribution in [3.05, 3.63) is 29.6 Å². The van der Waals surface area contributed by atoms with E-state index in [-0.39, 0.29) is 18.2 Å². The molecule has 90 valence electrons. The molecule has 1 saturated heterocycles. The average Bonchev–Trinajstić information content (AvgIpc) is 2.30. The first-order valence-corrected chi connectivity index (χ1v) is 5.38. The highest BCUT2D eigenvalue weighted by atomic mass is 35.5. The maximum Gasteiger partial charge on any atom is 0.165 e. The number of halogens is 2. The van der Waals surface area contributed by atoms with E-state index in [1.807, 2.05) is 6.07 Å². The number of rotatable bonds is 2. The summed E-state index contributed by atoms with van der Waals surface area (Å²) in [6.45, 7) is 1.03. The van der Waals surface area contributed by atoms with E-state index in [2.05, 4.69) is 5.32 Å². The number of methoxy groups -OCH3 is 1. The van der Waals surface area contributed by atoms with Gasteiger partial charge in [0.1, 0.15) is 0 Å². The molecule has 0 radical (unpaired) electrons. The Hall–Kier alpha value is -0.800. The predicted molar refractivity (Wildman–Crippen MR) is 64.8 cm³/mol. The summed E-state index contributed by atoms with van der Waals surface area (Å²) in [4.78, 5) is 0. The Labute approximate surface area is 102 Å². The molecular weight excluding hydrogens is 229 g/mol. The van der Waals surface area contributed by atoms with Crippen molar-refractivity contribution in [3.8, 4) is 5.75 Å². The lowest BCUT2D eigenvalue weighted by Crippen LogP contribution is -2.26. The topological polar surface area (TPSA) is 21.3 Å². The van der Waals surface area contributed by atoms with Crippen molar-refractivity contribution >= 4 is 12.4 Å². The minimum absolute atomic E-state index is 0. The van der Waals surface area contributed by atoms with Crippen LogP contribution in [-0.2, 0) is 0 Å². The number of nitrogens with one attached hydrogen (secondary N) is 1. The van der Waals surface area contributed by atoms with Crippen LogP contribution in [0.1, 0.15) is 30.9 Å². The second-order valence-electron chi connectivity index (χ2n) is 3.90. The van der Waals surface area contributed by atoms with Crippen LogP contribution in [0.3, 0.4) is 0 Å². The zero-order valence-electron chi connectivity index (χ0n) is 9.33. The third kappa shape index (κ3) is 2.86. The molecule has 1 N–H and O–H groups in total. The van der Waals surface area contributed by atoms with E-state index >= 15 is 0 Å². The highest BCUT2D eigenvalue weighted by molar-refractivity contribution is 5.85. The van der Waals surface area contributed by atoms with E-state index < -0.39 is 0 Å². The van der Waals surface area contributed by atoms with Gasteiger partial charge in [-0.05, 0) is 37.1 Å². The van der Waals surface area contributed by atoms with Crippen molar-refractivity contribution < 1.29 is 9.13 Å². The molecule has 1 aliphatic rings. The van der Waals surface area contributed by atoms with Crippen LogP contribution in [0.2, 0.25) is 0 Å². The van der Waals surface area contributed by atoms with E-state index in [0.717, 1.165) is 18.5 Å². The van der Waals surface area contributed by atoms with Crippen molar-refractivity contribution in [2.45, 2.75) is 25.3 Å². The Kier molecular flexibility index (Phi) is 5.03. The van der Waals surface area contributed by atoms with Gasteiger partial charge in [0.15, 0.2) is 11.6 Å². The molecule has 0 unspecified atom stereocenters. The fraction of sp³-hybridized carbons (Fsp3) is 0.500. The van der Waals surface area contributed by atoms with Crippen LogP contribution >= 0.6 is 12.4 Å². The van der Waals surface area contributed by atoms with Gasteiger partial charge >= 0.3 is 0 Å². The summed E-state index contributed by atoms with van der Waals surface area (Å²) >= 11 is 0. The first kappa shape index (κ1) is 13.3. The van der Waals surface area contributed by atoms with Gasteiger partial charge in [-0.25, -0.2) is 4.39 Å². The van der Waals surface area contributed by atoms with Gasteiger partial charge in [0.05, 0.1) is 7.11 Å². The van der Waals surface area contributed by atoms with Crippen LogP contribution in [0.5, 0.6) is 5.75 Å². The highest BCUT2D eigenvalue weighted by Crippen LogP contribution is 2.26. The van der Waals surface area contributed by atoms with Crippen LogP contribution in [-0.4, -0.2) is 13.7 Å². The maximum atomic E-state index is 13.5. The minimum Gasteiger partial charge on any atom is -0.494 e. The smallest absolute Gasteiger partial charge is 0.165 e. The van der Waals surface area contributed by atoms with Gasteiger partial charge < -0.3 is 10.1 Å². The Bertz CT molecular complexity index is 340. The second-order valence-corrected chi connectivity index (χ2v) is 3.90. The van der Waals surface area contributed by atoms with Crippen molar-refractivity contribution in [1.29, 1.82) is 0 Å². The normalized spacial score (nSPS) is 20.0. The summed E-state index contributed by atoms with van der Waals surface area (Å²) in [5, 5.41) is 3.39. The van der Waals surface area contributed by atoms with Crippen molar-refractivity contribution in [3.63, 3.8) is 0 Å². The van der Waals surface area contributed by atoms with Gasteiger partial charge in [-0.15, -0.1) is 12.4 Å². The molecule has 4 heteroatoms. The molecule has 16 heavy (non-hydrogen) atoms. The van der Waals surface area contributed by atoms with Crippen molar-refractivity contribution in [1.82, 2.24) is 5.32 Å². The first-order valence-electron chi connectivity index (χ1n) is 5.38. The van der Waals surface area contributed by atoms with Crippen LogP contribution in [0, 0.1) is 5.82 Å². The largest absolute Gasteiger partial charge is 0.494 e. The van der Waals surface area contributed by atoms with Gasteiger partial charge in [-0.1, -0.05) is 12.5 Å². The summed E-state index contributed by atoms with van der Waals surface area (Å²) < 4.78 is 18.3. The monoisotopic (exact) mass is 245 g/mol. The van der Waals surface area contributed by atoms with Gasteiger partial charge in [0, 0.05) is 6.04 Å². The third-order valence-electron chi connectivity index (χ3n) is 2.89. The van der Waals surface area contributed by atoms with E-state index in [9.17, 15) is 4.39 Å². The number of piperidine rings is 1. The Morgan fingerprint density at radius 1 is 1.38 bits per heavy atom. The summed E-state index contributed by atoms with van der Waals surface area (Å²) in [7, 11) is 1.48. The number of hydrogen-bond acceptors (Lipinski definition) is 2. The van der Waals surface area contributed by atoms with Crippen LogP contribution in [0.4, 0.5) is 4.39 Å². The molecule has 1 aromatic rings. The molecule has 1 aliphatic heterocycles. The van der Waals surface area contributed by atoms with Gasteiger partial charge in [-0.2, -0.15) is 0 Å². The first-order chi connectivity index (χ1) is 7.31. The van der Waals surface area contributed by atoms with Gasteiger partial charge in [0.2, 0.25) is 0 Å². The highest BCUT2D eigenvalue weighted by Gasteiger charge is 2.16. The molecule has 1 aromatic carbocycles. The van der Waals surface area contributed by atoms with E-state index in [1.165, 1.54) is 20.0 Å². The second kappa shape index (κ2) is 6.06. The fourth-order valence-corrected chi connectivity index (χ4v) is 2.04. The number of benzene rings is 1. The molecule has 0 amide bonds. The lowest BCUT2D eigenvalue weighted by atomic mass is 9.97. The molecule has 1 fully saturated rings. The molecule has 0 aliphatic carbocycles. The van der Waals surface area contributed by atoms with Crippen molar-refractivity contribution in [2.24, 2.45) is 0 Å². The SMILES string of the molecule is COc1ccc([C@H]2CCCCN2)cc1F.Cl. The van der Waals surface area contributed by atoms with Crippen LogP contribution < -0.4 is 10.1 Å². The van der Waals surface area contributed by atoms with Crippen molar-refractivity contribution in [2.75, 3.05) is 13.7 Å². The predicted octanol–water partition coefficient (Wildman–Crippen LogP) is 3.07. The summed E-state index contributed by atoms with van der Waals surface area (Å²) in [5.74, 6) is 0.0388. The van der Waals surface area contributed by atoms with E-state index in [0.29, 0.717) is 11.8 Å². The van der Waals surface area contributed by atoms with Crippen LogP contribution in [0.25, 0.3) is 0 Å². The summed E-state index contributed by atoms with van der Waals surface area (Å²) in [5.41, 5.74) is 1.02. The average molecular weight is 246 g/mol. The molecule has 1 atom stereocenters. The molecule has 1 heterocycles. The number of hydrogen-bond donors (Lipinski definition) is 1. The zero-order chi connectivity index (χ0) is 10.7. The molecule has 0 bridgehead atoms. The molecule has 0 aromatic heterocycles. The number of ether oxygens (including phenoxy) is 1.